The van der Waals surface area contributed by atoms with Crippen LogP contribution < -0.4 is 5.32 Å². The normalized spacial score (nSPS) is 17.0. The SMILES string of the molecule is CCCC1(CCC)NC(=O)N(Cc2cc(C)cc(C)c2)C1=O. The number of nitrogens with one attached hydrogen (secondary N) is 1. The number of carbonyl (C=O) groups is 2. The van der Waals surface area contributed by atoms with Crippen molar-refractivity contribution < 1.29 is 9.59 Å². The Morgan fingerprint density at radius 3 is 2.05 bits per heavy atom. The predicted octanol–water partition coefficient (Wildman–Crippen LogP) is 3.69. The summed E-state index contributed by atoms with van der Waals surface area (Å²) in [5.41, 5.74) is 2.61. The lowest BCUT2D eigenvalue weighted by Gasteiger charge is -2.25. The van der Waals surface area contributed by atoms with Crippen molar-refractivity contribution in [2.75, 3.05) is 0 Å². The van der Waals surface area contributed by atoms with Crippen molar-refractivity contribution >= 4 is 11.9 Å². The van der Waals surface area contributed by atoms with Crippen LogP contribution >= 0.6 is 0 Å². The molecule has 1 aliphatic rings. The van der Waals surface area contributed by atoms with Crippen molar-refractivity contribution in [2.24, 2.45) is 0 Å². The molecule has 3 amide bonds. The van der Waals surface area contributed by atoms with Crippen molar-refractivity contribution in [1.82, 2.24) is 10.2 Å². The van der Waals surface area contributed by atoms with Gasteiger partial charge in [0.2, 0.25) is 0 Å². The molecule has 0 atom stereocenters. The van der Waals surface area contributed by atoms with Crippen LogP contribution in [-0.2, 0) is 11.3 Å². The summed E-state index contributed by atoms with van der Waals surface area (Å²) in [6.45, 7) is 8.50. The Kier molecular flexibility index (Phi) is 4.89. The van der Waals surface area contributed by atoms with Crippen LogP contribution in [0.2, 0.25) is 0 Å². The summed E-state index contributed by atoms with van der Waals surface area (Å²) >= 11 is 0. The van der Waals surface area contributed by atoms with Gasteiger partial charge in [-0.1, -0.05) is 56.0 Å². The fraction of sp³-hybridized carbons (Fsp3) is 0.556. The van der Waals surface area contributed by atoms with E-state index in [1.807, 2.05) is 39.8 Å². The van der Waals surface area contributed by atoms with Gasteiger partial charge in [-0.15, -0.1) is 0 Å². The zero-order valence-corrected chi connectivity index (χ0v) is 14.0. The second kappa shape index (κ2) is 6.51. The van der Waals surface area contributed by atoms with Crippen molar-refractivity contribution in [3.05, 3.63) is 34.9 Å². The molecule has 2 rings (SSSR count). The Bertz CT molecular complexity index is 554. The molecule has 1 aromatic rings. The van der Waals surface area contributed by atoms with Crippen LogP contribution in [0.25, 0.3) is 0 Å². The van der Waals surface area contributed by atoms with Crippen LogP contribution in [0.4, 0.5) is 4.79 Å². The molecule has 1 N–H and O–H groups in total. The second-order valence-corrected chi connectivity index (χ2v) is 6.40. The van der Waals surface area contributed by atoms with Crippen LogP contribution in [0.1, 0.15) is 56.2 Å². The first-order valence-corrected chi connectivity index (χ1v) is 8.13. The molecule has 0 spiro atoms. The maximum Gasteiger partial charge on any atom is 0.325 e. The maximum atomic E-state index is 12.8. The monoisotopic (exact) mass is 302 g/mol. The van der Waals surface area contributed by atoms with Gasteiger partial charge in [-0.05, 0) is 32.3 Å². The molecule has 1 fully saturated rings. The summed E-state index contributed by atoms with van der Waals surface area (Å²) in [5.74, 6) is -0.0691. The van der Waals surface area contributed by atoms with E-state index in [9.17, 15) is 9.59 Å². The number of nitrogens with zero attached hydrogens (tertiary/aromatic N) is 1. The van der Waals surface area contributed by atoms with Gasteiger partial charge in [-0.2, -0.15) is 0 Å². The van der Waals surface area contributed by atoms with E-state index in [0.717, 1.165) is 29.5 Å². The average Bonchev–Trinajstić information content (AvgIpc) is 2.63. The third kappa shape index (κ3) is 3.16. The first-order chi connectivity index (χ1) is 10.4. The molecule has 1 aliphatic heterocycles. The van der Waals surface area contributed by atoms with E-state index < -0.39 is 5.54 Å². The number of hydrogen-bond acceptors (Lipinski definition) is 2. The number of benzene rings is 1. The molecule has 0 bridgehead atoms. The van der Waals surface area contributed by atoms with Crippen molar-refractivity contribution in [1.29, 1.82) is 0 Å². The van der Waals surface area contributed by atoms with Gasteiger partial charge in [0.05, 0.1) is 6.54 Å². The zero-order chi connectivity index (χ0) is 16.3. The summed E-state index contributed by atoms with van der Waals surface area (Å²) < 4.78 is 0. The molecular weight excluding hydrogens is 276 g/mol. The Hall–Kier alpha value is -1.84. The molecule has 0 aromatic heterocycles. The van der Waals surface area contributed by atoms with Gasteiger partial charge in [0.25, 0.3) is 5.91 Å². The lowest BCUT2D eigenvalue weighted by atomic mass is 9.88. The summed E-state index contributed by atoms with van der Waals surface area (Å²) in [5, 5.41) is 2.96. The van der Waals surface area contributed by atoms with E-state index in [1.54, 1.807) is 0 Å². The van der Waals surface area contributed by atoms with Crippen molar-refractivity contribution in [3.8, 4) is 0 Å². The van der Waals surface area contributed by atoms with Gasteiger partial charge in [0, 0.05) is 0 Å². The third-order valence-electron chi connectivity index (χ3n) is 4.22. The number of aryl methyl sites for hydroxylation is 2. The highest BCUT2D eigenvalue weighted by Gasteiger charge is 2.49. The molecule has 1 aromatic carbocycles. The van der Waals surface area contributed by atoms with E-state index in [-0.39, 0.29) is 11.9 Å². The molecule has 0 saturated carbocycles. The molecule has 0 radical (unpaired) electrons. The largest absolute Gasteiger partial charge is 0.325 e. The van der Waals surface area contributed by atoms with E-state index >= 15 is 0 Å². The minimum absolute atomic E-state index is 0.0691. The van der Waals surface area contributed by atoms with E-state index in [1.165, 1.54) is 4.90 Å². The van der Waals surface area contributed by atoms with Gasteiger partial charge in [-0.25, -0.2) is 4.79 Å². The lowest BCUT2D eigenvalue weighted by molar-refractivity contribution is -0.132. The van der Waals surface area contributed by atoms with Crippen LogP contribution in [0.15, 0.2) is 18.2 Å². The highest BCUT2D eigenvalue weighted by molar-refractivity contribution is 6.06. The fourth-order valence-electron chi connectivity index (χ4n) is 3.48. The number of rotatable bonds is 6. The van der Waals surface area contributed by atoms with Gasteiger partial charge in [0.1, 0.15) is 5.54 Å². The molecule has 0 aliphatic carbocycles. The molecule has 4 nitrogen and oxygen atoms in total. The number of carbonyl (C=O) groups excluding carboxylic acids is 2. The minimum atomic E-state index is -0.695. The number of hydrogen-bond donors (Lipinski definition) is 1. The molecular formula is C18H26N2O2. The summed E-state index contributed by atoms with van der Waals surface area (Å²) in [4.78, 5) is 26.5. The number of amides is 3. The van der Waals surface area contributed by atoms with Gasteiger partial charge in [-0.3, -0.25) is 9.69 Å². The topological polar surface area (TPSA) is 49.4 Å². The first kappa shape index (κ1) is 16.5. The Labute approximate surface area is 132 Å². The van der Waals surface area contributed by atoms with E-state index in [4.69, 9.17) is 0 Å². The lowest BCUT2D eigenvalue weighted by Crippen LogP contribution is -2.46. The van der Waals surface area contributed by atoms with E-state index in [0.29, 0.717) is 19.4 Å². The second-order valence-electron chi connectivity index (χ2n) is 6.40. The fourth-order valence-corrected chi connectivity index (χ4v) is 3.48. The molecule has 1 heterocycles. The van der Waals surface area contributed by atoms with Crippen LogP contribution in [0.5, 0.6) is 0 Å². The molecule has 1 saturated heterocycles. The Morgan fingerprint density at radius 1 is 1.00 bits per heavy atom. The molecule has 0 unspecified atom stereocenters. The van der Waals surface area contributed by atoms with Gasteiger partial charge < -0.3 is 5.32 Å². The zero-order valence-electron chi connectivity index (χ0n) is 14.0. The first-order valence-electron chi connectivity index (χ1n) is 8.13. The smallest absolute Gasteiger partial charge is 0.323 e. The highest BCUT2D eigenvalue weighted by Crippen LogP contribution is 2.29. The van der Waals surface area contributed by atoms with Crippen LogP contribution in [-0.4, -0.2) is 22.4 Å². The standard InChI is InChI=1S/C18H26N2O2/c1-5-7-18(8-6-2)16(21)20(17(22)19-18)12-15-10-13(3)9-14(4)11-15/h9-11H,5-8,12H2,1-4H3,(H,19,22). The van der Waals surface area contributed by atoms with Crippen LogP contribution in [0.3, 0.4) is 0 Å². The molecule has 120 valence electrons. The predicted molar refractivity (Wildman–Crippen MR) is 87.5 cm³/mol. The Balaban J connectivity index is 2.24. The third-order valence-corrected chi connectivity index (χ3v) is 4.22. The number of imide groups is 1. The highest BCUT2D eigenvalue weighted by atomic mass is 16.2. The quantitative estimate of drug-likeness (QED) is 0.815. The van der Waals surface area contributed by atoms with Gasteiger partial charge >= 0.3 is 6.03 Å². The van der Waals surface area contributed by atoms with Crippen molar-refractivity contribution in [3.63, 3.8) is 0 Å². The van der Waals surface area contributed by atoms with Gasteiger partial charge in [0.15, 0.2) is 0 Å². The van der Waals surface area contributed by atoms with Crippen LogP contribution in [0, 0.1) is 13.8 Å². The molecule has 4 heteroatoms. The molecule has 22 heavy (non-hydrogen) atoms. The number of urea groups is 1. The minimum Gasteiger partial charge on any atom is -0.323 e. The average molecular weight is 302 g/mol. The summed E-state index contributed by atoms with van der Waals surface area (Å²) in [7, 11) is 0. The Morgan fingerprint density at radius 2 is 1.55 bits per heavy atom. The summed E-state index contributed by atoms with van der Waals surface area (Å²) in [6, 6.07) is 5.90. The summed E-state index contributed by atoms with van der Waals surface area (Å²) in [6.07, 6.45) is 3.16. The maximum absolute atomic E-state index is 12.8. The van der Waals surface area contributed by atoms with E-state index in [2.05, 4.69) is 11.4 Å². The van der Waals surface area contributed by atoms with Crippen molar-refractivity contribution in [2.45, 2.75) is 65.5 Å².